The normalized spacial score (nSPS) is 18.6. The number of piperidine rings is 1. The van der Waals surface area contributed by atoms with Crippen LogP contribution in [-0.2, 0) is 6.18 Å². The van der Waals surface area contributed by atoms with Gasteiger partial charge in [-0.15, -0.1) is 0 Å². The second kappa shape index (κ2) is 5.14. The number of anilines is 1. The van der Waals surface area contributed by atoms with Crippen LogP contribution in [0, 0.1) is 10.1 Å². The third-order valence-electron chi connectivity index (χ3n) is 3.51. The van der Waals surface area contributed by atoms with Crippen molar-refractivity contribution in [1.29, 1.82) is 0 Å². The van der Waals surface area contributed by atoms with Gasteiger partial charge in [0, 0.05) is 25.4 Å². The molecule has 1 aliphatic heterocycles. The molecule has 0 aromatic carbocycles. The molecule has 21 heavy (non-hydrogen) atoms. The molecule has 2 rings (SSSR count). The van der Waals surface area contributed by atoms with Gasteiger partial charge in [-0.1, -0.05) is 0 Å². The number of nitro groups is 1. The van der Waals surface area contributed by atoms with E-state index in [0.717, 1.165) is 0 Å². The lowest BCUT2D eigenvalue weighted by atomic mass is 9.94. The van der Waals surface area contributed by atoms with Gasteiger partial charge >= 0.3 is 11.9 Å². The first-order chi connectivity index (χ1) is 9.60. The SMILES string of the molecule is CC1(O)CCN(c2ncc(C(F)(F)F)cc2[N+](=O)[O-])CC1. The highest BCUT2D eigenvalue weighted by Crippen LogP contribution is 2.36. The van der Waals surface area contributed by atoms with Gasteiger partial charge in [-0.05, 0) is 19.8 Å². The monoisotopic (exact) mass is 305 g/mol. The molecule has 1 N–H and O–H groups in total. The number of alkyl halides is 3. The van der Waals surface area contributed by atoms with E-state index in [1.807, 2.05) is 0 Å². The lowest BCUT2D eigenvalue weighted by Crippen LogP contribution is -2.43. The van der Waals surface area contributed by atoms with Crippen LogP contribution in [0.5, 0.6) is 0 Å². The van der Waals surface area contributed by atoms with Crippen LogP contribution in [0.4, 0.5) is 24.7 Å². The topological polar surface area (TPSA) is 79.5 Å². The van der Waals surface area contributed by atoms with Gasteiger partial charge in [-0.3, -0.25) is 10.1 Å². The van der Waals surface area contributed by atoms with E-state index < -0.39 is 28.0 Å². The molecule has 1 aliphatic rings. The molecule has 0 atom stereocenters. The van der Waals surface area contributed by atoms with Gasteiger partial charge < -0.3 is 10.0 Å². The Hall–Kier alpha value is -1.90. The van der Waals surface area contributed by atoms with Crippen LogP contribution >= 0.6 is 0 Å². The summed E-state index contributed by atoms with van der Waals surface area (Å²) < 4.78 is 37.8. The van der Waals surface area contributed by atoms with E-state index in [9.17, 15) is 28.4 Å². The average molecular weight is 305 g/mol. The van der Waals surface area contributed by atoms with Crippen molar-refractivity contribution in [3.63, 3.8) is 0 Å². The summed E-state index contributed by atoms with van der Waals surface area (Å²) in [5, 5.41) is 20.8. The van der Waals surface area contributed by atoms with Gasteiger partial charge in [0.1, 0.15) is 0 Å². The first kappa shape index (κ1) is 15.5. The highest BCUT2D eigenvalue weighted by atomic mass is 19.4. The van der Waals surface area contributed by atoms with Gasteiger partial charge in [-0.25, -0.2) is 4.98 Å². The van der Waals surface area contributed by atoms with Crippen molar-refractivity contribution in [3.8, 4) is 0 Å². The minimum atomic E-state index is -4.68. The van der Waals surface area contributed by atoms with Crippen LogP contribution in [0.2, 0.25) is 0 Å². The Balaban J connectivity index is 2.34. The van der Waals surface area contributed by atoms with Gasteiger partial charge in [0.15, 0.2) is 0 Å². The largest absolute Gasteiger partial charge is 0.418 e. The third kappa shape index (κ3) is 3.41. The van der Waals surface area contributed by atoms with E-state index in [1.165, 1.54) is 4.90 Å². The molecule has 1 fully saturated rings. The summed E-state index contributed by atoms with van der Waals surface area (Å²) in [6.07, 6.45) is -3.35. The fraction of sp³-hybridized carbons (Fsp3) is 0.583. The Labute approximate surface area is 118 Å². The van der Waals surface area contributed by atoms with Crippen LogP contribution in [0.15, 0.2) is 12.3 Å². The van der Waals surface area contributed by atoms with E-state index in [2.05, 4.69) is 4.98 Å². The molecule has 9 heteroatoms. The van der Waals surface area contributed by atoms with Crippen molar-refractivity contribution in [3.05, 3.63) is 27.9 Å². The smallest absolute Gasteiger partial charge is 0.390 e. The van der Waals surface area contributed by atoms with Crippen molar-refractivity contribution in [2.24, 2.45) is 0 Å². The van der Waals surface area contributed by atoms with E-state index in [1.54, 1.807) is 6.92 Å². The Kier molecular flexibility index (Phi) is 3.79. The maximum atomic E-state index is 12.6. The van der Waals surface area contributed by atoms with Crippen molar-refractivity contribution in [2.45, 2.75) is 31.5 Å². The van der Waals surface area contributed by atoms with E-state index in [4.69, 9.17) is 0 Å². The minimum absolute atomic E-state index is 0.0940. The molecule has 0 spiro atoms. The van der Waals surface area contributed by atoms with Crippen molar-refractivity contribution < 1.29 is 23.2 Å². The Bertz CT molecular complexity index is 550. The fourth-order valence-electron chi connectivity index (χ4n) is 2.18. The molecule has 0 unspecified atom stereocenters. The van der Waals surface area contributed by atoms with E-state index >= 15 is 0 Å². The first-order valence-electron chi connectivity index (χ1n) is 6.29. The number of pyridine rings is 1. The number of nitrogens with zero attached hydrogens (tertiary/aromatic N) is 3. The second-order valence-electron chi connectivity index (χ2n) is 5.31. The Morgan fingerprint density at radius 3 is 2.48 bits per heavy atom. The molecule has 2 heterocycles. The summed E-state index contributed by atoms with van der Waals surface area (Å²) >= 11 is 0. The molecule has 0 bridgehead atoms. The summed E-state index contributed by atoms with van der Waals surface area (Å²) in [7, 11) is 0. The maximum Gasteiger partial charge on any atom is 0.418 e. The zero-order valence-corrected chi connectivity index (χ0v) is 11.2. The van der Waals surface area contributed by atoms with Crippen LogP contribution in [0.1, 0.15) is 25.3 Å². The van der Waals surface area contributed by atoms with Crippen molar-refractivity contribution >= 4 is 11.5 Å². The minimum Gasteiger partial charge on any atom is -0.390 e. The Morgan fingerprint density at radius 2 is 2.00 bits per heavy atom. The number of hydrogen-bond donors (Lipinski definition) is 1. The molecule has 6 nitrogen and oxygen atoms in total. The summed E-state index contributed by atoms with van der Waals surface area (Å²) in [5.41, 5.74) is -2.69. The van der Waals surface area contributed by atoms with Crippen molar-refractivity contribution in [2.75, 3.05) is 18.0 Å². The molecular formula is C12H14F3N3O3. The highest BCUT2D eigenvalue weighted by Gasteiger charge is 2.36. The molecule has 0 radical (unpaired) electrons. The molecule has 116 valence electrons. The standard InChI is InChI=1S/C12H14F3N3O3/c1-11(19)2-4-17(5-3-11)10-9(18(20)21)6-8(7-16-10)12(13,14)15/h6-7,19H,2-5H2,1H3. The third-order valence-corrected chi connectivity index (χ3v) is 3.51. The molecular weight excluding hydrogens is 291 g/mol. The van der Waals surface area contributed by atoms with E-state index in [-0.39, 0.29) is 5.82 Å². The zero-order valence-electron chi connectivity index (χ0n) is 11.2. The number of rotatable bonds is 2. The molecule has 1 aromatic rings. The number of hydrogen-bond acceptors (Lipinski definition) is 5. The zero-order chi connectivity index (χ0) is 15.8. The summed E-state index contributed by atoms with van der Waals surface area (Å²) in [6, 6.07) is 0.495. The van der Waals surface area contributed by atoms with Gasteiger partial charge in [0.05, 0.1) is 16.1 Å². The first-order valence-corrected chi connectivity index (χ1v) is 6.29. The van der Waals surface area contributed by atoms with Crippen molar-refractivity contribution in [1.82, 2.24) is 4.98 Å². The predicted molar refractivity (Wildman–Crippen MR) is 68.0 cm³/mol. The predicted octanol–water partition coefficient (Wildman–Crippen LogP) is 2.36. The quantitative estimate of drug-likeness (QED) is 0.670. The number of aliphatic hydroxyl groups is 1. The summed E-state index contributed by atoms with van der Waals surface area (Å²) in [4.78, 5) is 15.3. The maximum absolute atomic E-state index is 12.6. The molecule has 1 saturated heterocycles. The molecule has 0 aliphatic carbocycles. The molecule has 0 amide bonds. The molecule has 1 aromatic heterocycles. The van der Waals surface area contributed by atoms with E-state index in [0.29, 0.717) is 38.2 Å². The van der Waals surface area contributed by atoms with Gasteiger partial charge in [0.25, 0.3) is 0 Å². The van der Waals surface area contributed by atoms with Crippen LogP contribution in [-0.4, -0.2) is 33.7 Å². The van der Waals surface area contributed by atoms with Crippen LogP contribution < -0.4 is 4.90 Å². The average Bonchev–Trinajstić information content (AvgIpc) is 2.37. The fourth-order valence-corrected chi connectivity index (χ4v) is 2.18. The summed E-state index contributed by atoms with van der Waals surface area (Å²) in [5.74, 6) is -0.0940. The Morgan fingerprint density at radius 1 is 1.43 bits per heavy atom. The van der Waals surface area contributed by atoms with Gasteiger partial charge in [0.2, 0.25) is 5.82 Å². The number of halogens is 3. The van der Waals surface area contributed by atoms with Crippen LogP contribution in [0.3, 0.4) is 0 Å². The molecule has 0 saturated carbocycles. The lowest BCUT2D eigenvalue weighted by Gasteiger charge is -2.36. The number of aromatic nitrogens is 1. The van der Waals surface area contributed by atoms with Crippen LogP contribution in [0.25, 0.3) is 0 Å². The summed E-state index contributed by atoms with van der Waals surface area (Å²) in [6.45, 7) is 2.25. The van der Waals surface area contributed by atoms with Gasteiger partial charge in [-0.2, -0.15) is 13.2 Å². The second-order valence-corrected chi connectivity index (χ2v) is 5.31. The lowest BCUT2D eigenvalue weighted by molar-refractivity contribution is -0.384. The highest BCUT2D eigenvalue weighted by molar-refractivity contribution is 5.59.